The van der Waals surface area contributed by atoms with Crippen LogP contribution in [-0.4, -0.2) is 18.3 Å². The Morgan fingerprint density at radius 1 is 1.13 bits per heavy atom. The minimum atomic E-state index is 0.00252. The van der Waals surface area contributed by atoms with E-state index in [1.54, 1.807) is 6.07 Å². The van der Waals surface area contributed by atoms with Crippen molar-refractivity contribution in [2.24, 2.45) is 5.41 Å². The van der Waals surface area contributed by atoms with E-state index in [4.69, 9.17) is 9.47 Å². The molecule has 3 nitrogen and oxygen atoms in total. The predicted molar refractivity (Wildman–Crippen MR) is 57.6 cm³/mol. The zero-order valence-corrected chi connectivity index (χ0v) is 9.33. The van der Waals surface area contributed by atoms with Crippen LogP contribution in [0.3, 0.4) is 0 Å². The Bertz CT molecular complexity index is 348. The third-order valence-electron chi connectivity index (χ3n) is 2.50. The zero-order chi connectivity index (χ0) is 11.1. The molecule has 0 fully saturated rings. The maximum atomic E-state index is 9.56. The van der Waals surface area contributed by atoms with Crippen LogP contribution in [0.15, 0.2) is 12.1 Å². The number of rotatable bonds is 0. The first-order valence-electron chi connectivity index (χ1n) is 5.07. The summed E-state index contributed by atoms with van der Waals surface area (Å²) in [4.78, 5) is 0. The van der Waals surface area contributed by atoms with Crippen LogP contribution >= 0.6 is 0 Å². The average Bonchev–Trinajstić information content (AvgIpc) is 2.29. The molecule has 1 N–H and O–H groups in total. The first-order valence-corrected chi connectivity index (χ1v) is 5.07. The molecule has 0 amide bonds. The molecule has 0 atom stereocenters. The zero-order valence-electron chi connectivity index (χ0n) is 9.33. The largest absolute Gasteiger partial charge is 0.508 e. The topological polar surface area (TPSA) is 38.7 Å². The number of hydrogen-bond acceptors (Lipinski definition) is 3. The van der Waals surface area contributed by atoms with Gasteiger partial charge in [0.2, 0.25) is 0 Å². The van der Waals surface area contributed by atoms with Crippen LogP contribution in [0.1, 0.15) is 19.4 Å². The second-order valence-corrected chi connectivity index (χ2v) is 4.83. The molecule has 0 saturated carbocycles. The Morgan fingerprint density at radius 2 is 1.67 bits per heavy atom. The number of aryl methyl sites for hydroxylation is 1. The van der Waals surface area contributed by atoms with Gasteiger partial charge >= 0.3 is 0 Å². The Labute approximate surface area is 89.6 Å². The van der Waals surface area contributed by atoms with Crippen LogP contribution < -0.4 is 9.47 Å². The highest BCUT2D eigenvalue weighted by Crippen LogP contribution is 2.37. The van der Waals surface area contributed by atoms with E-state index >= 15 is 0 Å². The smallest absolute Gasteiger partial charge is 0.164 e. The van der Waals surface area contributed by atoms with E-state index in [0.717, 1.165) is 11.3 Å². The Morgan fingerprint density at radius 3 is 2.27 bits per heavy atom. The number of fused-ring (bicyclic) bond motifs is 1. The van der Waals surface area contributed by atoms with Crippen LogP contribution in [-0.2, 0) is 0 Å². The molecule has 0 bridgehead atoms. The van der Waals surface area contributed by atoms with Crippen molar-refractivity contribution in [2.75, 3.05) is 13.2 Å². The molecule has 1 aromatic rings. The summed E-state index contributed by atoms with van der Waals surface area (Å²) in [6.45, 7) is 7.25. The molecule has 1 aliphatic heterocycles. The number of phenols is 1. The van der Waals surface area contributed by atoms with Gasteiger partial charge in [-0.2, -0.15) is 0 Å². The second-order valence-electron chi connectivity index (χ2n) is 4.83. The molecule has 0 aromatic heterocycles. The highest BCUT2D eigenvalue weighted by Gasteiger charge is 2.25. The summed E-state index contributed by atoms with van der Waals surface area (Å²) >= 11 is 0. The SMILES string of the molecule is Cc1cc2c(cc1O)OCC(C)(C)CO2. The number of aromatic hydroxyl groups is 1. The van der Waals surface area contributed by atoms with Gasteiger partial charge in [-0.05, 0) is 18.6 Å². The molecule has 1 aliphatic rings. The molecule has 0 saturated heterocycles. The minimum Gasteiger partial charge on any atom is -0.508 e. The number of benzene rings is 1. The molecule has 15 heavy (non-hydrogen) atoms. The lowest BCUT2D eigenvalue weighted by molar-refractivity contribution is 0.140. The number of phenolic OH excluding ortho intramolecular Hbond substituents is 1. The van der Waals surface area contributed by atoms with Gasteiger partial charge in [-0.3, -0.25) is 0 Å². The third kappa shape index (κ3) is 2.01. The van der Waals surface area contributed by atoms with Crippen molar-refractivity contribution < 1.29 is 14.6 Å². The predicted octanol–water partition coefficient (Wildman–Crippen LogP) is 2.50. The van der Waals surface area contributed by atoms with Crippen LogP contribution in [0, 0.1) is 12.3 Å². The van der Waals surface area contributed by atoms with Crippen molar-refractivity contribution in [3.8, 4) is 17.2 Å². The van der Waals surface area contributed by atoms with Gasteiger partial charge in [0.05, 0.1) is 13.2 Å². The van der Waals surface area contributed by atoms with Crippen molar-refractivity contribution >= 4 is 0 Å². The summed E-state index contributed by atoms with van der Waals surface area (Å²) in [5.41, 5.74) is 0.805. The quantitative estimate of drug-likeness (QED) is 0.712. The van der Waals surface area contributed by atoms with Gasteiger partial charge in [-0.25, -0.2) is 0 Å². The van der Waals surface area contributed by atoms with E-state index in [1.165, 1.54) is 0 Å². The highest BCUT2D eigenvalue weighted by atomic mass is 16.5. The van der Waals surface area contributed by atoms with Crippen LogP contribution in [0.5, 0.6) is 17.2 Å². The van der Waals surface area contributed by atoms with Crippen molar-refractivity contribution in [1.29, 1.82) is 0 Å². The fourth-order valence-electron chi connectivity index (χ4n) is 1.46. The van der Waals surface area contributed by atoms with Crippen molar-refractivity contribution in [2.45, 2.75) is 20.8 Å². The summed E-state index contributed by atoms with van der Waals surface area (Å²) in [5.74, 6) is 1.59. The van der Waals surface area contributed by atoms with E-state index in [-0.39, 0.29) is 11.2 Å². The number of ether oxygens (including phenoxy) is 2. The molecule has 1 aromatic carbocycles. The lowest BCUT2D eigenvalue weighted by Gasteiger charge is -2.19. The molecule has 3 heteroatoms. The van der Waals surface area contributed by atoms with E-state index in [0.29, 0.717) is 19.0 Å². The Hall–Kier alpha value is -1.38. The van der Waals surface area contributed by atoms with Gasteiger partial charge in [-0.15, -0.1) is 0 Å². The van der Waals surface area contributed by atoms with Crippen LogP contribution in [0.25, 0.3) is 0 Å². The molecule has 0 spiro atoms. The van der Waals surface area contributed by atoms with Gasteiger partial charge in [-0.1, -0.05) is 13.8 Å². The standard InChI is InChI=1S/C12H16O3/c1-8-4-10-11(5-9(8)13)15-7-12(2,3)6-14-10/h4-5,13H,6-7H2,1-3H3. The van der Waals surface area contributed by atoms with Gasteiger partial charge in [0.25, 0.3) is 0 Å². The van der Waals surface area contributed by atoms with E-state index in [2.05, 4.69) is 13.8 Å². The molecule has 2 rings (SSSR count). The van der Waals surface area contributed by atoms with E-state index in [9.17, 15) is 5.11 Å². The Balaban J connectivity index is 2.36. The lowest BCUT2D eigenvalue weighted by atomic mass is 9.97. The van der Waals surface area contributed by atoms with E-state index < -0.39 is 0 Å². The maximum absolute atomic E-state index is 9.56. The minimum absolute atomic E-state index is 0.00252. The third-order valence-corrected chi connectivity index (χ3v) is 2.50. The van der Waals surface area contributed by atoms with Crippen molar-refractivity contribution in [1.82, 2.24) is 0 Å². The van der Waals surface area contributed by atoms with Gasteiger partial charge in [0.15, 0.2) is 11.5 Å². The molecule has 0 radical (unpaired) electrons. The van der Waals surface area contributed by atoms with Crippen LogP contribution in [0.4, 0.5) is 0 Å². The summed E-state index contributed by atoms with van der Waals surface area (Å²) in [7, 11) is 0. The molecule has 0 aliphatic carbocycles. The summed E-state index contributed by atoms with van der Waals surface area (Å²) in [5, 5.41) is 9.56. The number of hydrogen-bond donors (Lipinski definition) is 1. The second kappa shape index (κ2) is 3.33. The van der Waals surface area contributed by atoms with Crippen molar-refractivity contribution in [3.05, 3.63) is 17.7 Å². The van der Waals surface area contributed by atoms with E-state index in [1.807, 2.05) is 13.0 Å². The normalized spacial score (nSPS) is 18.3. The molecular weight excluding hydrogens is 192 g/mol. The highest BCUT2D eigenvalue weighted by molar-refractivity contribution is 5.49. The first-order chi connectivity index (χ1) is 6.98. The fraction of sp³-hybridized carbons (Fsp3) is 0.500. The summed E-state index contributed by atoms with van der Waals surface area (Å²) < 4.78 is 11.3. The Kier molecular flexibility index (Phi) is 2.25. The summed E-state index contributed by atoms with van der Waals surface area (Å²) in [6, 6.07) is 3.43. The fourth-order valence-corrected chi connectivity index (χ4v) is 1.46. The van der Waals surface area contributed by atoms with Gasteiger partial charge in [0, 0.05) is 11.5 Å². The van der Waals surface area contributed by atoms with Gasteiger partial charge < -0.3 is 14.6 Å². The monoisotopic (exact) mass is 208 g/mol. The average molecular weight is 208 g/mol. The molecule has 1 heterocycles. The molecular formula is C12H16O3. The lowest BCUT2D eigenvalue weighted by Crippen LogP contribution is -2.26. The van der Waals surface area contributed by atoms with Crippen molar-refractivity contribution in [3.63, 3.8) is 0 Å². The first kappa shape index (κ1) is 10.1. The van der Waals surface area contributed by atoms with Gasteiger partial charge in [0.1, 0.15) is 5.75 Å². The maximum Gasteiger partial charge on any atom is 0.164 e. The molecule has 0 unspecified atom stereocenters. The summed E-state index contributed by atoms with van der Waals surface area (Å²) in [6.07, 6.45) is 0. The molecule has 82 valence electrons. The van der Waals surface area contributed by atoms with Crippen LogP contribution in [0.2, 0.25) is 0 Å².